The summed E-state index contributed by atoms with van der Waals surface area (Å²) in [5, 5.41) is 8.05. The number of aryl methyl sites for hydroxylation is 1. The van der Waals surface area contributed by atoms with Gasteiger partial charge in [0.15, 0.2) is 5.82 Å². The first kappa shape index (κ1) is 19.0. The lowest BCUT2D eigenvalue weighted by molar-refractivity contribution is 0.102. The summed E-state index contributed by atoms with van der Waals surface area (Å²) >= 11 is 12.3. The van der Waals surface area contributed by atoms with Crippen molar-refractivity contribution < 1.29 is 4.79 Å². The standard InChI is InChI=1S/C17H13Cl2N3O.C2H6/c1-11-5-2-3-6-12(11)17(23)20-15-9-10-22(21-15)16-13(18)7-4-8-14(16)19;1-2/h2-10H,1H3,(H,20,21,23);1-2H3. The van der Waals surface area contributed by atoms with Crippen LogP contribution < -0.4 is 5.32 Å². The van der Waals surface area contributed by atoms with Crippen LogP contribution in [0.15, 0.2) is 54.7 Å². The van der Waals surface area contributed by atoms with Crippen molar-refractivity contribution >= 4 is 34.9 Å². The molecule has 0 saturated heterocycles. The van der Waals surface area contributed by atoms with E-state index in [1.54, 1.807) is 36.5 Å². The average molecular weight is 376 g/mol. The molecule has 0 fully saturated rings. The Balaban J connectivity index is 0.00000109. The quantitative estimate of drug-likeness (QED) is 0.631. The first-order chi connectivity index (χ1) is 12.1. The molecule has 3 aromatic rings. The SMILES string of the molecule is CC.Cc1ccccc1C(=O)Nc1ccn(-c2c(Cl)cccc2Cl)n1. The molecule has 0 aliphatic carbocycles. The van der Waals surface area contributed by atoms with Crippen LogP contribution in [0.1, 0.15) is 29.8 Å². The summed E-state index contributed by atoms with van der Waals surface area (Å²) in [5.74, 6) is 0.216. The number of amides is 1. The highest BCUT2D eigenvalue weighted by atomic mass is 35.5. The van der Waals surface area contributed by atoms with Gasteiger partial charge in [-0.25, -0.2) is 4.68 Å². The van der Waals surface area contributed by atoms with E-state index in [0.29, 0.717) is 27.1 Å². The molecule has 25 heavy (non-hydrogen) atoms. The van der Waals surface area contributed by atoms with E-state index in [4.69, 9.17) is 23.2 Å². The molecule has 0 aliphatic heterocycles. The van der Waals surface area contributed by atoms with Gasteiger partial charge in [0.25, 0.3) is 5.91 Å². The Bertz CT molecular complexity index is 854. The lowest BCUT2D eigenvalue weighted by Crippen LogP contribution is -2.14. The molecule has 0 saturated carbocycles. The first-order valence-corrected chi connectivity index (χ1v) is 8.69. The van der Waals surface area contributed by atoms with Crippen molar-refractivity contribution in [2.75, 3.05) is 5.32 Å². The predicted molar refractivity (Wildman–Crippen MR) is 104 cm³/mol. The van der Waals surface area contributed by atoms with E-state index in [2.05, 4.69) is 10.4 Å². The Kier molecular flexibility index (Phi) is 6.62. The van der Waals surface area contributed by atoms with Crippen molar-refractivity contribution in [3.63, 3.8) is 0 Å². The molecule has 130 valence electrons. The molecule has 0 spiro atoms. The molecule has 0 radical (unpaired) electrons. The molecule has 0 atom stereocenters. The third-order valence-electron chi connectivity index (χ3n) is 3.39. The maximum absolute atomic E-state index is 12.3. The number of anilines is 1. The van der Waals surface area contributed by atoms with Gasteiger partial charge in [0.2, 0.25) is 0 Å². The molecule has 1 heterocycles. The summed E-state index contributed by atoms with van der Waals surface area (Å²) in [6, 6.07) is 14.3. The zero-order chi connectivity index (χ0) is 18.4. The number of nitrogens with one attached hydrogen (secondary N) is 1. The fourth-order valence-corrected chi connectivity index (χ4v) is 2.80. The second-order valence-corrected chi connectivity index (χ2v) is 5.80. The first-order valence-electron chi connectivity index (χ1n) is 7.93. The van der Waals surface area contributed by atoms with Crippen molar-refractivity contribution in [1.29, 1.82) is 0 Å². The van der Waals surface area contributed by atoms with Crippen LogP contribution in [0, 0.1) is 6.92 Å². The third-order valence-corrected chi connectivity index (χ3v) is 4.00. The molecule has 6 heteroatoms. The molecule has 1 aromatic heterocycles. The molecule has 1 N–H and O–H groups in total. The van der Waals surface area contributed by atoms with E-state index in [1.807, 2.05) is 39.0 Å². The molecule has 0 unspecified atom stereocenters. The Labute approximate surface area is 157 Å². The smallest absolute Gasteiger partial charge is 0.257 e. The van der Waals surface area contributed by atoms with Crippen LogP contribution in [0.4, 0.5) is 5.82 Å². The minimum atomic E-state index is -0.210. The second kappa shape index (κ2) is 8.70. The number of hydrogen-bond donors (Lipinski definition) is 1. The van der Waals surface area contributed by atoms with Gasteiger partial charge in [-0.15, -0.1) is 5.10 Å². The van der Waals surface area contributed by atoms with E-state index >= 15 is 0 Å². The number of aromatic nitrogens is 2. The van der Waals surface area contributed by atoms with Gasteiger partial charge in [0.05, 0.1) is 10.0 Å². The molecule has 2 aromatic carbocycles. The fourth-order valence-electron chi connectivity index (χ4n) is 2.23. The lowest BCUT2D eigenvalue weighted by atomic mass is 10.1. The molecule has 0 bridgehead atoms. The van der Waals surface area contributed by atoms with E-state index in [1.165, 1.54) is 4.68 Å². The van der Waals surface area contributed by atoms with Crippen molar-refractivity contribution in [3.05, 3.63) is 75.9 Å². The minimum absolute atomic E-state index is 0.210. The van der Waals surface area contributed by atoms with Gasteiger partial charge in [-0.2, -0.15) is 0 Å². The largest absolute Gasteiger partial charge is 0.305 e. The van der Waals surface area contributed by atoms with E-state index in [9.17, 15) is 4.79 Å². The Morgan fingerprint density at radius 2 is 1.64 bits per heavy atom. The van der Waals surface area contributed by atoms with Crippen LogP contribution in [-0.4, -0.2) is 15.7 Å². The summed E-state index contributed by atoms with van der Waals surface area (Å²) in [4.78, 5) is 12.3. The van der Waals surface area contributed by atoms with E-state index in [0.717, 1.165) is 5.56 Å². The number of rotatable bonds is 3. The van der Waals surface area contributed by atoms with Crippen molar-refractivity contribution in [2.24, 2.45) is 0 Å². The Hall–Kier alpha value is -2.30. The summed E-state index contributed by atoms with van der Waals surface area (Å²) in [5.41, 5.74) is 2.09. The van der Waals surface area contributed by atoms with Gasteiger partial charge in [-0.05, 0) is 30.7 Å². The lowest BCUT2D eigenvalue weighted by Gasteiger charge is -2.07. The number of benzene rings is 2. The van der Waals surface area contributed by atoms with Crippen LogP contribution >= 0.6 is 23.2 Å². The highest BCUT2D eigenvalue weighted by Crippen LogP contribution is 2.28. The summed E-state index contributed by atoms with van der Waals surface area (Å²) in [7, 11) is 0. The van der Waals surface area contributed by atoms with Gasteiger partial charge >= 0.3 is 0 Å². The van der Waals surface area contributed by atoms with E-state index < -0.39 is 0 Å². The van der Waals surface area contributed by atoms with Crippen LogP contribution in [0.5, 0.6) is 0 Å². The number of nitrogens with zero attached hydrogens (tertiary/aromatic N) is 2. The second-order valence-electron chi connectivity index (χ2n) is 4.98. The molecule has 0 aliphatic rings. The minimum Gasteiger partial charge on any atom is -0.305 e. The van der Waals surface area contributed by atoms with Crippen molar-refractivity contribution in [1.82, 2.24) is 9.78 Å². The summed E-state index contributed by atoms with van der Waals surface area (Å²) < 4.78 is 1.54. The summed E-state index contributed by atoms with van der Waals surface area (Å²) in [6.07, 6.45) is 1.69. The zero-order valence-corrected chi connectivity index (χ0v) is 15.8. The van der Waals surface area contributed by atoms with E-state index in [-0.39, 0.29) is 5.91 Å². The van der Waals surface area contributed by atoms with Crippen molar-refractivity contribution in [3.8, 4) is 5.69 Å². The van der Waals surface area contributed by atoms with Gasteiger partial charge in [-0.3, -0.25) is 4.79 Å². The predicted octanol–water partition coefficient (Wildman–Crippen LogP) is 5.77. The van der Waals surface area contributed by atoms with Crippen LogP contribution in [-0.2, 0) is 0 Å². The van der Waals surface area contributed by atoms with Gasteiger partial charge in [0.1, 0.15) is 5.69 Å². The fraction of sp³-hybridized carbons (Fsp3) is 0.158. The molecule has 3 rings (SSSR count). The monoisotopic (exact) mass is 375 g/mol. The molecule has 1 amide bonds. The number of carbonyl (C=O) groups is 1. The number of carbonyl (C=O) groups excluding carboxylic acids is 1. The number of hydrogen-bond acceptors (Lipinski definition) is 2. The average Bonchev–Trinajstić information content (AvgIpc) is 3.05. The highest BCUT2D eigenvalue weighted by molar-refractivity contribution is 6.37. The maximum Gasteiger partial charge on any atom is 0.257 e. The number of halogens is 2. The zero-order valence-electron chi connectivity index (χ0n) is 14.3. The summed E-state index contributed by atoms with van der Waals surface area (Å²) in [6.45, 7) is 5.89. The normalized spacial score (nSPS) is 9.96. The Morgan fingerprint density at radius 1 is 1.00 bits per heavy atom. The topological polar surface area (TPSA) is 46.9 Å². The highest BCUT2D eigenvalue weighted by Gasteiger charge is 2.12. The van der Waals surface area contributed by atoms with Gasteiger partial charge in [-0.1, -0.05) is 61.3 Å². The van der Waals surface area contributed by atoms with Crippen molar-refractivity contribution in [2.45, 2.75) is 20.8 Å². The molecular weight excluding hydrogens is 357 g/mol. The van der Waals surface area contributed by atoms with Gasteiger partial charge in [0, 0.05) is 17.8 Å². The van der Waals surface area contributed by atoms with Crippen LogP contribution in [0.2, 0.25) is 10.0 Å². The molecule has 4 nitrogen and oxygen atoms in total. The third kappa shape index (κ3) is 4.41. The Morgan fingerprint density at radius 3 is 2.28 bits per heavy atom. The molecular formula is C19H19Cl2N3O. The van der Waals surface area contributed by atoms with Crippen LogP contribution in [0.25, 0.3) is 5.69 Å². The maximum atomic E-state index is 12.3. The van der Waals surface area contributed by atoms with Gasteiger partial charge < -0.3 is 5.32 Å². The number of para-hydroxylation sites is 1. The van der Waals surface area contributed by atoms with Crippen LogP contribution in [0.3, 0.4) is 0 Å².